The molecule has 0 saturated carbocycles. The average molecular weight is 354 g/mol. The maximum Gasteiger partial charge on any atom is 0.418 e. The molecule has 0 fully saturated rings. The van der Waals surface area contributed by atoms with E-state index in [0.717, 1.165) is 13.8 Å². The van der Waals surface area contributed by atoms with Gasteiger partial charge in [0.05, 0.1) is 25.7 Å². The van der Waals surface area contributed by atoms with Crippen molar-refractivity contribution in [3.63, 3.8) is 0 Å². The van der Waals surface area contributed by atoms with Crippen LogP contribution in [0.3, 0.4) is 0 Å². The number of sulfonamides is 1. The Labute approximate surface area is 125 Å². The Morgan fingerprint density at radius 1 is 1.24 bits per heavy atom. The quantitative estimate of drug-likeness (QED) is 0.611. The molecule has 0 heterocycles. The van der Waals surface area contributed by atoms with Gasteiger partial charge in [-0.2, -0.15) is 8.78 Å². The molecule has 1 unspecified atom stereocenters. The van der Waals surface area contributed by atoms with Crippen molar-refractivity contribution in [3.8, 4) is 0 Å². The van der Waals surface area contributed by atoms with Crippen LogP contribution in [0.4, 0.5) is 8.78 Å². The number of alkyl halides is 2. The fourth-order valence-corrected chi connectivity index (χ4v) is 3.30. The van der Waals surface area contributed by atoms with Crippen LogP contribution in [-0.2, 0) is 19.1 Å². The van der Waals surface area contributed by atoms with Crippen LogP contribution in [0.2, 0.25) is 0 Å². The van der Waals surface area contributed by atoms with Crippen LogP contribution in [0.5, 0.6) is 0 Å². The van der Waals surface area contributed by atoms with Gasteiger partial charge in [0, 0.05) is 0 Å². The van der Waals surface area contributed by atoms with Crippen molar-refractivity contribution >= 4 is 17.6 Å². The van der Waals surface area contributed by atoms with E-state index in [1.807, 2.05) is 0 Å². The summed E-state index contributed by atoms with van der Waals surface area (Å²) in [4.78, 5) is 7.28. The van der Waals surface area contributed by atoms with Gasteiger partial charge in [-0.25, -0.2) is 13.6 Å². The third-order valence-electron chi connectivity index (χ3n) is 2.51. The fraction of sp³-hybridized carbons (Fsp3) is 1.00. The van der Waals surface area contributed by atoms with Crippen molar-refractivity contribution in [1.82, 2.24) is 0 Å². The Balaban J connectivity index is 0. The topological polar surface area (TPSA) is 114 Å². The summed E-state index contributed by atoms with van der Waals surface area (Å²) < 4.78 is 60.3. The Kier molecular flexibility index (Phi) is 10.1. The summed E-state index contributed by atoms with van der Waals surface area (Å²) in [7, 11) is -11.4. The van der Waals surface area contributed by atoms with E-state index in [1.54, 1.807) is 4.90 Å². The standard InChI is InChI=1S/C6H15N.C4H10F2NO5PS/c1-4-7(5-2)6-3;1-3(2)12-13(8,9)4(5,6)14(7,10)11/h4-6H2,1-3H3;3H,1-2H3,(H,8,9)(H2,7,10,11). The van der Waals surface area contributed by atoms with Crippen LogP contribution in [0, 0.1) is 0 Å². The molecule has 0 aromatic carbocycles. The molecule has 1 atom stereocenters. The van der Waals surface area contributed by atoms with Crippen molar-refractivity contribution in [2.45, 2.75) is 45.7 Å². The molecule has 3 N–H and O–H groups in total. The van der Waals surface area contributed by atoms with E-state index in [9.17, 15) is 26.7 Å². The zero-order chi connectivity index (χ0) is 17.5. The predicted molar refractivity (Wildman–Crippen MR) is 74.5 cm³/mol. The van der Waals surface area contributed by atoms with Gasteiger partial charge in [-0.15, -0.1) is 0 Å². The first kappa shape index (κ1) is 23.2. The summed E-state index contributed by atoms with van der Waals surface area (Å²) in [6.45, 7) is 12.8. The fourth-order valence-electron chi connectivity index (χ4n) is 1.24. The molecule has 0 aliphatic carbocycles. The number of nitrogens with two attached hydrogens (primary N) is 1. The minimum atomic E-state index is -5.87. The highest BCUT2D eigenvalue weighted by atomic mass is 32.2. The molecule has 0 aromatic rings. The molecule has 0 aromatic heterocycles. The molecule has 0 saturated heterocycles. The van der Waals surface area contributed by atoms with Gasteiger partial charge >= 0.3 is 5.00 Å². The number of hydrogen-bond donors (Lipinski definition) is 2. The predicted octanol–water partition coefficient (Wildman–Crippen LogP) is -0.265. The Hall–Kier alpha value is -0.120. The van der Waals surface area contributed by atoms with E-state index in [4.69, 9.17) is 0 Å². The number of quaternary nitrogens is 1. The highest BCUT2D eigenvalue weighted by Gasteiger charge is 2.54. The summed E-state index contributed by atoms with van der Waals surface area (Å²) in [6, 6.07) is 0. The van der Waals surface area contributed by atoms with E-state index >= 15 is 0 Å². The molecule has 0 aliphatic rings. The van der Waals surface area contributed by atoms with E-state index in [2.05, 4.69) is 30.4 Å². The molecule has 0 aliphatic heterocycles. The smallest absolute Gasteiger partial charge is 0.418 e. The zero-order valence-electron chi connectivity index (χ0n) is 12.9. The second-order valence-corrected chi connectivity index (χ2v) is 8.17. The molecule has 21 heavy (non-hydrogen) atoms. The van der Waals surface area contributed by atoms with Gasteiger partial charge in [0.1, 0.15) is 0 Å². The van der Waals surface area contributed by atoms with Crippen molar-refractivity contribution in [2.24, 2.45) is 5.14 Å². The van der Waals surface area contributed by atoms with Gasteiger partial charge in [-0.05, 0) is 34.6 Å². The number of nitrogens with one attached hydrogen (secondary N) is 1. The molecule has 11 heteroatoms. The molecule has 7 nitrogen and oxygen atoms in total. The van der Waals surface area contributed by atoms with Crippen molar-refractivity contribution in [2.75, 3.05) is 19.6 Å². The summed E-state index contributed by atoms with van der Waals surface area (Å²) in [5.41, 5.74) is 0. The molecule has 0 amide bonds. The van der Waals surface area contributed by atoms with Crippen LogP contribution < -0.4 is 14.9 Å². The molecule has 0 bridgehead atoms. The van der Waals surface area contributed by atoms with Gasteiger partial charge < -0.3 is 18.9 Å². The second-order valence-electron chi connectivity index (χ2n) is 4.49. The molecule has 0 spiro atoms. The monoisotopic (exact) mass is 354 g/mol. The normalized spacial score (nSPS) is 15.6. The third-order valence-corrected chi connectivity index (χ3v) is 5.97. The van der Waals surface area contributed by atoms with Gasteiger partial charge in [-0.1, -0.05) is 0 Å². The molecular weight excluding hydrogens is 329 g/mol. The molecule has 0 radical (unpaired) electrons. The van der Waals surface area contributed by atoms with E-state index < -0.39 is 28.7 Å². The molecule has 130 valence electrons. The summed E-state index contributed by atoms with van der Waals surface area (Å²) >= 11 is 0. The van der Waals surface area contributed by atoms with Gasteiger partial charge in [-0.3, -0.25) is 0 Å². The Morgan fingerprint density at radius 2 is 1.57 bits per heavy atom. The lowest BCUT2D eigenvalue weighted by Gasteiger charge is -2.30. The van der Waals surface area contributed by atoms with Gasteiger partial charge in [0.2, 0.25) is 7.60 Å². The maximum atomic E-state index is 12.7. The number of halogens is 2. The van der Waals surface area contributed by atoms with E-state index in [-0.39, 0.29) is 0 Å². The third kappa shape index (κ3) is 7.62. The highest BCUT2D eigenvalue weighted by molar-refractivity contribution is 7.97. The minimum Gasteiger partial charge on any atom is -0.773 e. The summed E-state index contributed by atoms with van der Waals surface area (Å²) in [5.74, 6) is 0. The number of rotatable bonds is 7. The van der Waals surface area contributed by atoms with Gasteiger partial charge in [0.25, 0.3) is 10.0 Å². The van der Waals surface area contributed by atoms with E-state index in [1.165, 1.54) is 19.6 Å². The van der Waals surface area contributed by atoms with Crippen LogP contribution in [0.25, 0.3) is 0 Å². The minimum absolute atomic E-state index is 1.09. The molecular formula is C10H25F2N2O5PS. The highest BCUT2D eigenvalue weighted by Crippen LogP contribution is 2.56. The van der Waals surface area contributed by atoms with Crippen LogP contribution in [-0.4, -0.2) is 39.2 Å². The van der Waals surface area contributed by atoms with Crippen molar-refractivity contribution in [3.05, 3.63) is 0 Å². The lowest BCUT2D eigenvalue weighted by molar-refractivity contribution is -0.894. The lowest BCUT2D eigenvalue weighted by atomic mass is 10.5. The zero-order valence-corrected chi connectivity index (χ0v) is 14.6. The van der Waals surface area contributed by atoms with Crippen LogP contribution >= 0.6 is 7.60 Å². The van der Waals surface area contributed by atoms with Crippen LogP contribution in [0.1, 0.15) is 34.6 Å². The lowest BCUT2D eigenvalue weighted by Crippen LogP contribution is -3.11. The summed E-state index contributed by atoms with van der Waals surface area (Å²) in [5, 5.41) is 4.05. The Bertz CT molecular complexity index is 435. The van der Waals surface area contributed by atoms with Gasteiger partial charge in [0.15, 0.2) is 0 Å². The number of primary sulfonamides is 1. The average Bonchev–Trinajstić information content (AvgIpc) is 2.28. The second kappa shape index (κ2) is 9.12. The van der Waals surface area contributed by atoms with Crippen LogP contribution in [0.15, 0.2) is 0 Å². The van der Waals surface area contributed by atoms with E-state index in [0.29, 0.717) is 0 Å². The van der Waals surface area contributed by atoms with Crippen molar-refractivity contribution in [1.29, 1.82) is 0 Å². The summed E-state index contributed by atoms with van der Waals surface area (Å²) in [6.07, 6.45) is -1.09. The first-order valence-corrected chi connectivity index (χ1v) is 9.58. The largest absolute Gasteiger partial charge is 0.773 e. The molecule has 0 rings (SSSR count). The SMILES string of the molecule is CC(C)OP(=O)([O-])C(F)(F)S(N)(=O)=O.CC[NH+](CC)CC. The number of hydrogen-bond acceptors (Lipinski definition) is 5. The maximum absolute atomic E-state index is 12.7. The first-order chi connectivity index (χ1) is 9.26. The first-order valence-electron chi connectivity index (χ1n) is 6.49. The Morgan fingerprint density at radius 3 is 1.71 bits per heavy atom. The van der Waals surface area contributed by atoms with Crippen molar-refractivity contribution < 1.29 is 36.1 Å².